The Balaban J connectivity index is 1.31. The maximum absolute atomic E-state index is 13.1. The number of halogens is 1. The van der Waals surface area contributed by atoms with Gasteiger partial charge < -0.3 is 9.64 Å². The molecule has 134 valence electrons. The molecule has 1 aliphatic heterocycles. The number of carbonyl (C=O) groups is 2. The van der Waals surface area contributed by atoms with Gasteiger partial charge >= 0.3 is 6.09 Å². The lowest BCUT2D eigenvalue weighted by molar-refractivity contribution is -0.182. The normalized spacial score (nSPS) is 30.8. The first-order chi connectivity index (χ1) is 11.6. The van der Waals surface area contributed by atoms with Crippen LogP contribution in [0.4, 0.5) is 9.18 Å². The first-order valence-corrected chi connectivity index (χ1v) is 8.91. The van der Waals surface area contributed by atoms with E-state index in [1.165, 1.54) is 12.1 Å². The SMILES string of the molecule is CC(C)(C)OC(=O)N1CC(C(=O)C23CC(c4ccc(F)cc4)(C2)C3)C1. The summed E-state index contributed by atoms with van der Waals surface area (Å²) in [5.74, 6) is 0.0215. The first kappa shape index (κ1) is 16.6. The Morgan fingerprint density at radius 3 is 2.20 bits per heavy atom. The quantitative estimate of drug-likeness (QED) is 0.839. The van der Waals surface area contributed by atoms with Gasteiger partial charge in [0.25, 0.3) is 0 Å². The van der Waals surface area contributed by atoms with Crippen LogP contribution < -0.4 is 0 Å². The Bertz CT molecular complexity index is 709. The van der Waals surface area contributed by atoms with Crippen LogP contribution in [0.15, 0.2) is 24.3 Å². The highest BCUT2D eigenvalue weighted by Gasteiger charge is 2.72. The molecule has 0 radical (unpaired) electrons. The Hall–Kier alpha value is -1.91. The average molecular weight is 345 g/mol. The second-order valence-electron chi connectivity index (χ2n) is 9.04. The van der Waals surface area contributed by atoms with Crippen LogP contribution in [0.5, 0.6) is 0 Å². The second kappa shape index (κ2) is 5.05. The lowest BCUT2D eigenvalue weighted by atomic mass is 9.31. The number of nitrogens with zero attached hydrogens (tertiary/aromatic N) is 1. The highest BCUT2D eigenvalue weighted by molar-refractivity contribution is 5.93. The van der Waals surface area contributed by atoms with Crippen molar-refractivity contribution in [3.8, 4) is 0 Å². The molecular weight excluding hydrogens is 321 g/mol. The highest BCUT2D eigenvalue weighted by atomic mass is 19.1. The number of likely N-dealkylation sites (tertiary alicyclic amines) is 1. The van der Waals surface area contributed by atoms with E-state index in [1.807, 2.05) is 32.9 Å². The summed E-state index contributed by atoms with van der Waals surface area (Å²) in [7, 11) is 0. The van der Waals surface area contributed by atoms with E-state index in [-0.39, 0.29) is 28.7 Å². The minimum Gasteiger partial charge on any atom is -0.444 e. The van der Waals surface area contributed by atoms with Gasteiger partial charge in [-0.05, 0) is 63.1 Å². The van der Waals surface area contributed by atoms with Crippen LogP contribution in [0.3, 0.4) is 0 Å². The fraction of sp³-hybridized carbons (Fsp3) is 0.600. The molecule has 1 saturated heterocycles. The van der Waals surface area contributed by atoms with Gasteiger partial charge in [-0.1, -0.05) is 12.1 Å². The Kier molecular flexibility index (Phi) is 3.35. The average Bonchev–Trinajstić information content (AvgIpc) is 2.34. The molecule has 1 amide bonds. The zero-order valence-electron chi connectivity index (χ0n) is 15.0. The number of ketones is 1. The van der Waals surface area contributed by atoms with Crippen molar-refractivity contribution in [1.82, 2.24) is 4.90 Å². The highest BCUT2D eigenvalue weighted by Crippen LogP contribution is 2.74. The summed E-state index contributed by atoms with van der Waals surface area (Å²) < 4.78 is 18.4. The standard InChI is InChI=1S/C20H24FNO3/c1-18(2,3)25-17(24)22-8-13(9-22)16(23)20-10-19(11-20,12-20)14-4-6-15(21)7-5-14/h4-7,13H,8-12H2,1-3H3. The minimum atomic E-state index is -0.512. The molecule has 2 bridgehead atoms. The number of amides is 1. The lowest BCUT2D eigenvalue weighted by Gasteiger charge is -2.71. The molecule has 1 heterocycles. The predicted molar refractivity (Wildman–Crippen MR) is 90.7 cm³/mol. The summed E-state index contributed by atoms with van der Waals surface area (Å²) in [6, 6.07) is 6.68. The van der Waals surface area contributed by atoms with E-state index in [9.17, 15) is 14.0 Å². The van der Waals surface area contributed by atoms with Gasteiger partial charge in [-0.15, -0.1) is 0 Å². The van der Waals surface area contributed by atoms with Gasteiger partial charge in [0.2, 0.25) is 0 Å². The van der Waals surface area contributed by atoms with Crippen LogP contribution in [-0.4, -0.2) is 35.5 Å². The number of hydrogen-bond acceptors (Lipinski definition) is 3. The van der Waals surface area contributed by atoms with Crippen LogP contribution in [0.25, 0.3) is 0 Å². The number of hydrogen-bond donors (Lipinski definition) is 0. The fourth-order valence-electron chi connectivity index (χ4n) is 4.71. The van der Waals surface area contributed by atoms with Crippen LogP contribution >= 0.6 is 0 Å². The second-order valence-corrected chi connectivity index (χ2v) is 9.04. The van der Waals surface area contributed by atoms with Crippen molar-refractivity contribution in [2.45, 2.75) is 51.0 Å². The van der Waals surface area contributed by atoms with Crippen molar-refractivity contribution in [3.05, 3.63) is 35.6 Å². The molecule has 4 aliphatic rings. The molecule has 1 aromatic rings. The maximum Gasteiger partial charge on any atom is 0.410 e. The largest absolute Gasteiger partial charge is 0.444 e. The number of benzene rings is 1. The lowest BCUT2D eigenvalue weighted by Crippen LogP contribution is -2.71. The van der Waals surface area contributed by atoms with Gasteiger partial charge in [0.15, 0.2) is 0 Å². The minimum absolute atomic E-state index is 0.0564. The molecule has 4 nitrogen and oxygen atoms in total. The van der Waals surface area contributed by atoms with E-state index < -0.39 is 5.60 Å². The molecule has 1 aromatic carbocycles. The van der Waals surface area contributed by atoms with Gasteiger partial charge in [-0.25, -0.2) is 9.18 Å². The van der Waals surface area contributed by atoms with E-state index in [2.05, 4.69) is 0 Å². The van der Waals surface area contributed by atoms with Crippen LogP contribution in [0.1, 0.15) is 45.6 Å². The first-order valence-electron chi connectivity index (χ1n) is 8.91. The van der Waals surface area contributed by atoms with Gasteiger partial charge in [0.1, 0.15) is 17.2 Å². The third kappa shape index (κ3) is 2.55. The molecular formula is C20H24FNO3. The summed E-state index contributed by atoms with van der Waals surface area (Å²) in [6.07, 6.45) is 2.27. The molecule has 0 N–H and O–H groups in total. The van der Waals surface area contributed by atoms with E-state index >= 15 is 0 Å². The molecule has 5 rings (SSSR count). The Morgan fingerprint density at radius 1 is 1.12 bits per heavy atom. The monoisotopic (exact) mass is 345 g/mol. The Morgan fingerprint density at radius 2 is 1.68 bits per heavy atom. The van der Waals surface area contributed by atoms with Crippen molar-refractivity contribution in [2.24, 2.45) is 11.3 Å². The molecule has 5 heteroatoms. The zero-order chi connectivity index (χ0) is 18.0. The van der Waals surface area contributed by atoms with Crippen molar-refractivity contribution >= 4 is 11.9 Å². The van der Waals surface area contributed by atoms with Crippen molar-refractivity contribution in [2.75, 3.05) is 13.1 Å². The van der Waals surface area contributed by atoms with E-state index in [1.54, 1.807) is 4.90 Å². The maximum atomic E-state index is 13.1. The van der Waals surface area contributed by atoms with Crippen LogP contribution in [0, 0.1) is 17.2 Å². The van der Waals surface area contributed by atoms with E-state index in [0.29, 0.717) is 18.9 Å². The number of ether oxygens (including phenoxy) is 1. The van der Waals surface area contributed by atoms with Crippen molar-refractivity contribution in [1.29, 1.82) is 0 Å². The van der Waals surface area contributed by atoms with Gasteiger partial charge in [0, 0.05) is 18.5 Å². The fourth-order valence-corrected chi connectivity index (χ4v) is 4.71. The van der Waals surface area contributed by atoms with Crippen LogP contribution in [0.2, 0.25) is 0 Å². The molecule has 0 spiro atoms. The van der Waals surface area contributed by atoms with E-state index in [0.717, 1.165) is 24.8 Å². The molecule has 0 aromatic heterocycles. The summed E-state index contributed by atoms with van der Waals surface area (Å²) in [5, 5.41) is 0. The van der Waals surface area contributed by atoms with Crippen molar-refractivity contribution < 1.29 is 18.7 Å². The zero-order valence-corrected chi connectivity index (χ0v) is 15.0. The summed E-state index contributed by atoms with van der Waals surface area (Å²) >= 11 is 0. The Labute approximate surface area is 147 Å². The molecule has 0 unspecified atom stereocenters. The number of rotatable bonds is 3. The summed E-state index contributed by atoms with van der Waals surface area (Å²) in [4.78, 5) is 26.4. The van der Waals surface area contributed by atoms with Gasteiger partial charge in [-0.3, -0.25) is 4.79 Å². The third-order valence-electron chi connectivity index (χ3n) is 5.91. The molecule has 3 saturated carbocycles. The topological polar surface area (TPSA) is 46.6 Å². The summed E-state index contributed by atoms with van der Waals surface area (Å²) in [5.41, 5.74) is 0.520. The number of carbonyl (C=O) groups excluding carboxylic acids is 2. The van der Waals surface area contributed by atoms with Crippen molar-refractivity contribution in [3.63, 3.8) is 0 Å². The van der Waals surface area contributed by atoms with Crippen LogP contribution in [-0.2, 0) is 14.9 Å². The molecule has 4 fully saturated rings. The van der Waals surface area contributed by atoms with E-state index in [4.69, 9.17) is 4.74 Å². The third-order valence-corrected chi connectivity index (χ3v) is 5.91. The molecule has 3 aliphatic carbocycles. The smallest absolute Gasteiger partial charge is 0.410 e. The molecule has 0 atom stereocenters. The number of Topliss-reactive ketones (excluding diaryl/α,β-unsaturated/α-hetero) is 1. The van der Waals surface area contributed by atoms with Gasteiger partial charge in [0.05, 0.1) is 5.92 Å². The summed E-state index contributed by atoms with van der Waals surface area (Å²) in [6.45, 7) is 6.45. The van der Waals surface area contributed by atoms with Gasteiger partial charge in [-0.2, -0.15) is 0 Å². The molecule has 25 heavy (non-hydrogen) atoms. The predicted octanol–water partition coefficient (Wildman–Crippen LogP) is 3.68.